The van der Waals surface area contributed by atoms with Gasteiger partial charge in [0.1, 0.15) is 0 Å². The zero-order valence-electron chi connectivity index (χ0n) is 9.88. The highest BCUT2D eigenvalue weighted by Crippen LogP contribution is 1.99. The fraction of sp³-hybridized carbons (Fsp3) is 0.750. The minimum atomic E-state index is 0.0407. The van der Waals surface area contributed by atoms with E-state index < -0.39 is 0 Å². The number of aliphatic hydroxyl groups is 1. The van der Waals surface area contributed by atoms with Crippen molar-refractivity contribution in [3.05, 3.63) is 11.6 Å². The molecule has 0 bridgehead atoms. The third-order valence-electron chi connectivity index (χ3n) is 2.24. The highest BCUT2D eigenvalue weighted by molar-refractivity contribution is 5.92. The Bertz CT molecular complexity index is 200. The topological polar surface area (TPSA) is 49.3 Å². The third kappa shape index (κ3) is 8.18. The zero-order chi connectivity index (χ0) is 11.5. The van der Waals surface area contributed by atoms with E-state index in [-0.39, 0.29) is 12.5 Å². The molecule has 15 heavy (non-hydrogen) atoms. The Balaban J connectivity index is 3.43. The lowest BCUT2D eigenvalue weighted by Crippen LogP contribution is -2.25. The van der Waals surface area contributed by atoms with Crippen molar-refractivity contribution in [1.82, 2.24) is 5.32 Å². The molecule has 88 valence electrons. The van der Waals surface area contributed by atoms with Crippen LogP contribution in [0.25, 0.3) is 0 Å². The molecule has 0 spiro atoms. The number of carbonyl (C=O) groups is 1. The van der Waals surface area contributed by atoms with E-state index >= 15 is 0 Å². The van der Waals surface area contributed by atoms with Gasteiger partial charge in [-0.15, -0.1) is 0 Å². The van der Waals surface area contributed by atoms with Gasteiger partial charge >= 0.3 is 0 Å². The minimum Gasteiger partial charge on any atom is -0.396 e. The molecule has 3 nitrogen and oxygen atoms in total. The molecule has 0 unspecified atom stereocenters. The molecule has 0 fully saturated rings. The molecule has 0 radical (unpaired) electrons. The van der Waals surface area contributed by atoms with Crippen LogP contribution in [0.2, 0.25) is 0 Å². The molecule has 0 saturated heterocycles. The zero-order valence-corrected chi connectivity index (χ0v) is 9.88. The molecular formula is C12H23NO2. The second-order valence-electron chi connectivity index (χ2n) is 3.69. The van der Waals surface area contributed by atoms with Gasteiger partial charge in [-0.3, -0.25) is 4.79 Å². The van der Waals surface area contributed by atoms with Crippen LogP contribution in [0.5, 0.6) is 0 Å². The summed E-state index contributed by atoms with van der Waals surface area (Å²) in [6, 6.07) is 0. The molecule has 0 rings (SSSR count). The summed E-state index contributed by atoms with van der Waals surface area (Å²) >= 11 is 0. The van der Waals surface area contributed by atoms with E-state index in [2.05, 4.69) is 5.32 Å². The first kappa shape index (κ1) is 14.2. The number of carbonyl (C=O) groups excluding carboxylic acids is 1. The van der Waals surface area contributed by atoms with Crippen molar-refractivity contribution in [2.45, 2.75) is 46.0 Å². The number of hydrogen-bond donors (Lipinski definition) is 2. The van der Waals surface area contributed by atoms with E-state index in [1.165, 1.54) is 0 Å². The molecule has 3 heteroatoms. The third-order valence-corrected chi connectivity index (χ3v) is 2.24. The summed E-state index contributed by atoms with van der Waals surface area (Å²) < 4.78 is 0. The van der Waals surface area contributed by atoms with Crippen molar-refractivity contribution in [3.63, 3.8) is 0 Å². The van der Waals surface area contributed by atoms with Crippen LogP contribution < -0.4 is 5.32 Å². The van der Waals surface area contributed by atoms with E-state index in [9.17, 15) is 4.79 Å². The molecule has 1 amide bonds. The minimum absolute atomic E-state index is 0.0407. The number of rotatable bonds is 8. The lowest BCUT2D eigenvalue weighted by atomic mass is 10.2. The van der Waals surface area contributed by atoms with Crippen LogP contribution in [0.15, 0.2) is 11.6 Å². The highest BCUT2D eigenvalue weighted by atomic mass is 16.2. The molecule has 0 aliphatic rings. The quantitative estimate of drug-likeness (QED) is 0.478. The number of nitrogens with one attached hydrogen (secondary N) is 1. The fourth-order valence-corrected chi connectivity index (χ4v) is 1.33. The monoisotopic (exact) mass is 213 g/mol. The van der Waals surface area contributed by atoms with Gasteiger partial charge < -0.3 is 10.4 Å². The van der Waals surface area contributed by atoms with E-state index in [0.717, 1.165) is 44.2 Å². The number of hydrogen-bond acceptors (Lipinski definition) is 2. The van der Waals surface area contributed by atoms with Gasteiger partial charge in [-0.2, -0.15) is 0 Å². The van der Waals surface area contributed by atoms with Crippen LogP contribution in [0.3, 0.4) is 0 Å². The van der Waals surface area contributed by atoms with Gasteiger partial charge in [0, 0.05) is 18.7 Å². The first-order valence-corrected chi connectivity index (χ1v) is 5.78. The molecule has 0 aliphatic heterocycles. The maximum Gasteiger partial charge on any atom is 0.246 e. The number of unbranched alkanes of at least 4 members (excludes halogenated alkanes) is 3. The lowest BCUT2D eigenvalue weighted by molar-refractivity contribution is -0.117. The summed E-state index contributed by atoms with van der Waals surface area (Å²) in [5.41, 5.74) is 0.799. The van der Waals surface area contributed by atoms with Gasteiger partial charge in [-0.05, 0) is 26.2 Å². The Morgan fingerprint density at radius 2 is 1.93 bits per heavy atom. The van der Waals surface area contributed by atoms with Gasteiger partial charge in [0.05, 0.1) is 0 Å². The Morgan fingerprint density at radius 1 is 1.27 bits per heavy atom. The van der Waals surface area contributed by atoms with Crippen LogP contribution in [-0.2, 0) is 4.79 Å². The van der Waals surface area contributed by atoms with E-state index in [0.29, 0.717) is 0 Å². The fourth-order valence-electron chi connectivity index (χ4n) is 1.33. The molecule has 0 aliphatic carbocycles. The second-order valence-corrected chi connectivity index (χ2v) is 3.69. The van der Waals surface area contributed by atoms with Crippen LogP contribution in [0, 0.1) is 0 Å². The molecule has 0 saturated carbocycles. The Labute approximate surface area is 92.6 Å². The number of aliphatic hydroxyl groups excluding tert-OH is 1. The van der Waals surface area contributed by atoms with Crippen LogP contribution in [0.4, 0.5) is 0 Å². The molecule has 0 atom stereocenters. The van der Waals surface area contributed by atoms with Gasteiger partial charge in [-0.25, -0.2) is 0 Å². The molecule has 0 aromatic rings. The Kier molecular flexibility index (Phi) is 9.18. The molecule has 0 heterocycles. The average Bonchev–Trinajstić information content (AvgIpc) is 2.23. The van der Waals surface area contributed by atoms with Gasteiger partial charge in [0.25, 0.3) is 0 Å². The first-order chi connectivity index (χ1) is 7.22. The second kappa shape index (κ2) is 9.71. The van der Waals surface area contributed by atoms with Crippen molar-refractivity contribution in [2.24, 2.45) is 0 Å². The van der Waals surface area contributed by atoms with Crippen LogP contribution in [-0.4, -0.2) is 24.2 Å². The normalized spacial score (nSPS) is 11.5. The van der Waals surface area contributed by atoms with E-state index in [4.69, 9.17) is 5.11 Å². The predicted octanol–water partition coefficient (Wildman–Crippen LogP) is 2.01. The van der Waals surface area contributed by atoms with Crippen LogP contribution >= 0.6 is 0 Å². The molecule has 2 N–H and O–H groups in total. The van der Waals surface area contributed by atoms with Crippen molar-refractivity contribution in [2.75, 3.05) is 13.2 Å². The first-order valence-electron chi connectivity index (χ1n) is 5.78. The van der Waals surface area contributed by atoms with Crippen molar-refractivity contribution in [3.8, 4) is 0 Å². The van der Waals surface area contributed by atoms with Crippen molar-refractivity contribution >= 4 is 5.91 Å². The number of amides is 1. The Hall–Kier alpha value is -0.830. The van der Waals surface area contributed by atoms with Gasteiger partial charge in [0.2, 0.25) is 5.91 Å². The molecule has 0 aromatic heterocycles. The van der Waals surface area contributed by atoms with E-state index in [1.54, 1.807) is 0 Å². The van der Waals surface area contributed by atoms with Crippen molar-refractivity contribution < 1.29 is 9.90 Å². The summed E-state index contributed by atoms with van der Waals surface area (Å²) in [4.78, 5) is 11.4. The summed E-state index contributed by atoms with van der Waals surface area (Å²) in [5, 5.41) is 11.4. The standard InChI is InChI=1S/C12H23NO2/c1-3-8-11(2)12(15)13-9-6-4-5-7-10-14/h8,14H,3-7,9-10H2,1-2H3,(H,13,15)/b11-8-. The predicted molar refractivity (Wildman–Crippen MR) is 62.6 cm³/mol. The average molecular weight is 213 g/mol. The largest absolute Gasteiger partial charge is 0.396 e. The van der Waals surface area contributed by atoms with Gasteiger partial charge in [-0.1, -0.05) is 25.8 Å². The van der Waals surface area contributed by atoms with Crippen molar-refractivity contribution in [1.29, 1.82) is 0 Å². The SMILES string of the molecule is CC/C=C(/C)C(=O)NCCCCCCO. The maximum atomic E-state index is 11.4. The smallest absolute Gasteiger partial charge is 0.246 e. The molecule has 0 aromatic carbocycles. The highest BCUT2D eigenvalue weighted by Gasteiger charge is 2.01. The lowest BCUT2D eigenvalue weighted by Gasteiger charge is -2.04. The van der Waals surface area contributed by atoms with Crippen LogP contribution in [0.1, 0.15) is 46.0 Å². The number of allylic oxidation sites excluding steroid dienone is 1. The van der Waals surface area contributed by atoms with E-state index in [1.807, 2.05) is 19.9 Å². The summed E-state index contributed by atoms with van der Waals surface area (Å²) in [5.74, 6) is 0.0407. The molecular weight excluding hydrogens is 190 g/mol. The summed E-state index contributed by atoms with van der Waals surface area (Å²) in [7, 11) is 0. The van der Waals surface area contributed by atoms with Gasteiger partial charge in [0.15, 0.2) is 0 Å². The maximum absolute atomic E-state index is 11.4. The summed E-state index contributed by atoms with van der Waals surface area (Å²) in [6.07, 6.45) is 6.79. The Morgan fingerprint density at radius 3 is 2.53 bits per heavy atom. The summed E-state index contributed by atoms with van der Waals surface area (Å²) in [6.45, 7) is 4.86.